The van der Waals surface area contributed by atoms with E-state index in [0.717, 1.165) is 6.42 Å². The van der Waals surface area contributed by atoms with E-state index in [1.54, 1.807) is 36.2 Å². The number of hydrogen-bond donors (Lipinski definition) is 2. The van der Waals surface area contributed by atoms with E-state index in [4.69, 9.17) is 10.9 Å². The Morgan fingerprint density at radius 1 is 1.22 bits per heavy atom. The summed E-state index contributed by atoms with van der Waals surface area (Å²) in [5.41, 5.74) is 7.05. The van der Waals surface area contributed by atoms with Crippen LogP contribution in [0.5, 0.6) is 0 Å². The summed E-state index contributed by atoms with van der Waals surface area (Å²) in [5.74, 6) is 0.0275. The van der Waals surface area contributed by atoms with Crippen molar-refractivity contribution in [2.45, 2.75) is 32.1 Å². The zero-order valence-electron chi connectivity index (χ0n) is 13.7. The third kappa shape index (κ3) is 7.78. The maximum absolute atomic E-state index is 12.3. The van der Waals surface area contributed by atoms with Gasteiger partial charge in [0, 0.05) is 25.2 Å². The lowest BCUT2D eigenvalue weighted by Gasteiger charge is -2.21. The van der Waals surface area contributed by atoms with Gasteiger partial charge in [0.05, 0.1) is 5.75 Å². The molecule has 23 heavy (non-hydrogen) atoms. The van der Waals surface area contributed by atoms with Gasteiger partial charge in [-0.05, 0) is 30.0 Å². The maximum Gasteiger partial charge on any atom is 0.253 e. The van der Waals surface area contributed by atoms with Crippen LogP contribution in [0.25, 0.3) is 0 Å². The Kier molecular flexibility index (Phi) is 8.76. The highest BCUT2D eigenvalue weighted by atomic mass is 35.5. The van der Waals surface area contributed by atoms with Gasteiger partial charge in [0.15, 0.2) is 0 Å². The van der Waals surface area contributed by atoms with Crippen LogP contribution < -0.4 is 10.9 Å². The summed E-state index contributed by atoms with van der Waals surface area (Å²) in [5, 5.41) is 4.99. The number of carbonyl (C=O) groups is 1. The Labute approximate surface area is 144 Å². The first-order valence-electron chi connectivity index (χ1n) is 7.20. The summed E-state index contributed by atoms with van der Waals surface area (Å²) in [7, 11) is -1.83. The number of benzene rings is 1. The molecule has 0 fully saturated rings. The molecule has 1 unspecified atom stereocenters. The van der Waals surface area contributed by atoms with Gasteiger partial charge in [-0.25, -0.2) is 13.6 Å². The Bertz CT molecular complexity index is 603. The van der Waals surface area contributed by atoms with Crippen LogP contribution >= 0.6 is 12.4 Å². The minimum atomic E-state index is -3.56. The van der Waals surface area contributed by atoms with Crippen LogP contribution in [0.15, 0.2) is 24.3 Å². The molecule has 0 aliphatic heterocycles. The normalized spacial score (nSPS) is 12.6. The molecule has 8 heteroatoms. The van der Waals surface area contributed by atoms with Crippen LogP contribution in [0.2, 0.25) is 0 Å². The molecule has 0 saturated heterocycles. The van der Waals surface area contributed by atoms with Crippen molar-refractivity contribution in [2.75, 3.05) is 13.6 Å². The van der Waals surface area contributed by atoms with Crippen molar-refractivity contribution in [3.63, 3.8) is 0 Å². The summed E-state index contributed by atoms with van der Waals surface area (Å²) in [4.78, 5) is 13.9. The van der Waals surface area contributed by atoms with E-state index in [-0.39, 0.29) is 30.1 Å². The molecule has 0 bridgehead atoms. The maximum atomic E-state index is 12.3. The average molecular weight is 364 g/mol. The molecule has 1 aromatic carbocycles. The Morgan fingerprint density at radius 3 is 2.17 bits per heavy atom. The Hall–Kier alpha value is -1.15. The monoisotopic (exact) mass is 363 g/mol. The number of primary sulfonamides is 1. The van der Waals surface area contributed by atoms with Gasteiger partial charge in [-0.15, -0.1) is 12.4 Å². The molecule has 4 N–H and O–H groups in total. The fourth-order valence-electron chi connectivity index (χ4n) is 1.97. The van der Waals surface area contributed by atoms with Crippen molar-refractivity contribution in [3.8, 4) is 0 Å². The van der Waals surface area contributed by atoms with Crippen LogP contribution in [0.1, 0.15) is 36.2 Å². The van der Waals surface area contributed by atoms with E-state index >= 15 is 0 Å². The van der Waals surface area contributed by atoms with E-state index in [2.05, 4.69) is 13.8 Å². The summed E-state index contributed by atoms with van der Waals surface area (Å²) < 4.78 is 22.0. The van der Waals surface area contributed by atoms with E-state index in [9.17, 15) is 13.2 Å². The second-order valence-electron chi connectivity index (χ2n) is 5.93. The van der Waals surface area contributed by atoms with Gasteiger partial charge in [0.25, 0.3) is 5.91 Å². The lowest BCUT2D eigenvalue weighted by atomic mass is 10.0. The van der Waals surface area contributed by atoms with Crippen LogP contribution in [-0.2, 0) is 15.8 Å². The van der Waals surface area contributed by atoms with E-state index < -0.39 is 10.0 Å². The molecule has 132 valence electrons. The molecule has 0 radical (unpaired) electrons. The number of nitrogens with zero attached hydrogens (tertiary/aromatic N) is 1. The smallest absolute Gasteiger partial charge is 0.253 e. The topological polar surface area (TPSA) is 106 Å². The molecule has 0 heterocycles. The van der Waals surface area contributed by atoms with E-state index in [1.165, 1.54) is 0 Å². The molecule has 0 spiro atoms. The number of nitrogens with two attached hydrogens (primary N) is 2. The molecule has 1 rings (SSSR count). The van der Waals surface area contributed by atoms with Crippen molar-refractivity contribution in [3.05, 3.63) is 35.4 Å². The van der Waals surface area contributed by atoms with Crippen molar-refractivity contribution < 1.29 is 13.2 Å². The Balaban J connectivity index is 0.00000484. The minimum absolute atomic E-state index is 0. The van der Waals surface area contributed by atoms with Gasteiger partial charge in [0.2, 0.25) is 10.0 Å². The predicted octanol–water partition coefficient (Wildman–Crippen LogP) is 1.34. The fraction of sp³-hybridized carbons (Fsp3) is 0.533. The van der Waals surface area contributed by atoms with Crippen LogP contribution in [0.4, 0.5) is 0 Å². The molecule has 1 amide bonds. The van der Waals surface area contributed by atoms with Crippen LogP contribution in [-0.4, -0.2) is 38.9 Å². The molecule has 0 aliphatic carbocycles. The van der Waals surface area contributed by atoms with Crippen molar-refractivity contribution in [1.29, 1.82) is 0 Å². The van der Waals surface area contributed by atoms with E-state index in [1.807, 2.05) is 0 Å². The number of sulfonamides is 1. The predicted molar refractivity (Wildman–Crippen MR) is 94.9 cm³/mol. The molecule has 0 aliphatic rings. The number of hydrogen-bond acceptors (Lipinski definition) is 4. The number of carbonyl (C=O) groups excluding carboxylic acids is 1. The van der Waals surface area contributed by atoms with Crippen molar-refractivity contribution >= 4 is 28.3 Å². The van der Waals surface area contributed by atoms with Gasteiger partial charge in [-0.3, -0.25) is 4.79 Å². The number of rotatable bonds is 7. The quantitative estimate of drug-likeness (QED) is 0.762. The highest BCUT2D eigenvalue weighted by Gasteiger charge is 2.15. The largest absolute Gasteiger partial charge is 0.342 e. The summed E-state index contributed by atoms with van der Waals surface area (Å²) in [6.45, 7) is 4.69. The second kappa shape index (κ2) is 9.22. The zero-order chi connectivity index (χ0) is 16.9. The van der Waals surface area contributed by atoms with Crippen molar-refractivity contribution in [2.24, 2.45) is 16.8 Å². The standard InChI is InChI=1S/C15H25N3O3S.ClH/c1-11(2)14(16)8-9-18(3)15(19)13-6-4-12(5-7-13)10-22(17,20)21;/h4-7,11,14H,8-10,16H2,1-3H3,(H2,17,20,21);1H. The van der Waals surface area contributed by atoms with Gasteiger partial charge < -0.3 is 10.6 Å². The number of amides is 1. The highest BCUT2D eigenvalue weighted by molar-refractivity contribution is 7.88. The highest BCUT2D eigenvalue weighted by Crippen LogP contribution is 2.10. The molecule has 0 saturated carbocycles. The first kappa shape index (κ1) is 21.9. The van der Waals surface area contributed by atoms with E-state index in [0.29, 0.717) is 23.6 Å². The Morgan fingerprint density at radius 2 is 1.74 bits per heavy atom. The van der Waals surface area contributed by atoms with Gasteiger partial charge in [0.1, 0.15) is 0 Å². The first-order valence-corrected chi connectivity index (χ1v) is 8.92. The zero-order valence-corrected chi connectivity index (χ0v) is 15.4. The van der Waals surface area contributed by atoms with Crippen LogP contribution in [0, 0.1) is 5.92 Å². The molecule has 6 nitrogen and oxygen atoms in total. The summed E-state index contributed by atoms with van der Waals surface area (Å²) >= 11 is 0. The molecular formula is C15H26ClN3O3S. The second-order valence-corrected chi connectivity index (χ2v) is 7.54. The molecular weight excluding hydrogens is 338 g/mol. The summed E-state index contributed by atoms with van der Waals surface area (Å²) in [6, 6.07) is 6.49. The van der Waals surface area contributed by atoms with Gasteiger partial charge >= 0.3 is 0 Å². The van der Waals surface area contributed by atoms with Gasteiger partial charge in [-0.2, -0.15) is 0 Å². The van der Waals surface area contributed by atoms with Crippen molar-refractivity contribution in [1.82, 2.24) is 4.90 Å². The average Bonchev–Trinajstić information content (AvgIpc) is 2.42. The molecule has 0 aromatic heterocycles. The minimum Gasteiger partial charge on any atom is -0.342 e. The first-order chi connectivity index (χ1) is 10.1. The fourth-order valence-corrected chi connectivity index (χ4v) is 2.63. The molecule has 1 aromatic rings. The van der Waals surface area contributed by atoms with Gasteiger partial charge in [-0.1, -0.05) is 26.0 Å². The third-order valence-corrected chi connectivity index (χ3v) is 4.31. The lowest BCUT2D eigenvalue weighted by molar-refractivity contribution is 0.0789. The summed E-state index contributed by atoms with van der Waals surface area (Å²) in [6.07, 6.45) is 0.739. The molecule has 1 atom stereocenters. The third-order valence-electron chi connectivity index (χ3n) is 3.57. The number of halogens is 1. The lowest BCUT2D eigenvalue weighted by Crippen LogP contribution is -2.34. The van der Waals surface area contributed by atoms with Crippen LogP contribution in [0.3, 0.4) is 0 Å². The SMILES string of the molecule is CC(C)C(N)CCN(C)C(=O)c1ccc(CS(N)(=O)=O)cc1.Cl.